The molecule has 1 aromatic heterocycles. The molecule has 7 heteroatoms. The number of hydrogen-bond donors (Lipinski definition) is 1. The molecule has 0 radical (unpaired) electrons. The number of aromatic nitrogens is 1. The minimum atomic E-state index is -0.501. The maximum Gasteiger partial charge on any atom is 0.311 e. The Balaban J connectivity index is 2.76. The molecule has 1 N–H and O–H groups in total. The Kier molecular flexibility index (Phi) is 5.23. The molecule has 0 bridgehead atoms. The van der Waals surface area contributed by atoms with Gasteiger partial charge in [-0.15, -0.1) is 0 Å². The lowest BCUT2D eigenvalue weighted by molar-refractivity contribution is -0.384. The van der Waals surface area contributed by atoms with E-state index in [9.17, 15) is 14.9 Å². The van der Waals surface area contributed by atoms with E-state index < -0.39 is 4.92 Å². The van der Waals surface area contributed by atoms with Crippen molar-refractivity contribution < 1.29 is 14.5 Å². The average Bonchev–Trinajstić information content (AvgIpc) is 2.31. The Labute approximate surface area is 111 Å². The molecular formula is C12H17N3O4. The highest BCUT2D eigenvalue weighted by atomic mass is 16.6. The number of esters is 1. The largest absolute Gasteiger partial charge is 0.466 e. The van der Waals surface area contributed by atoms with Crippen LogP contribution in [0.5, 0.6) is 0 Å². The first-order valence-corrected chi connectivity index (χ1v) is 5.97. The second-order valence-corrected chi connectivity index (χ2v) is 4.19. The zero-order chi connectivity index (χ0) is 14.4. The number of nitrogens with zero attached hydrogens (tertiary/aromatic N) is 2. The number of carbonyl (C=O) groups excluding carboxylic acids is 1. The smallest absolute Gasteiger partial charge is 0.311 e. The van der Waals surface area contributed by atoms with E-state index in [1.807, 2.05) is 0 Å². The number of rotatable bonds is 6. The summed E-state index contributed by atoms with van der Waals surface area (Å²) in [5, 5.41) is 13.8. The van der Waals surface area contributed by atoms with E-state index >= 15 is 0 Å². The number of ether oxygens (including phenoxy) is 1. The number of anilines is 1. The molecule has 0 aromatic carbocycles. The topological polar surface area (TPSA) is 94.4 Å². The lowest BCUT2D eigenvalue weighted by Gasteiger charge is -2.13. The lowest BCUT2D eigenvalue weighted by atomic mass is 10.2. The Morgan fingerprint density at radius 2 is 2.32 bits per heavy atom. The van der Waals surface area contributed by atoms with Crippen LogP contribution in [0.2, 0.25) is 0 Å². The second kappa shape index (κ2) is 6.67. The summed E-state index contributed by atoms with van der Waals surface area (Å²) in [4.78, 5) is 25.7. The maximum atomic E-state index is 11.3. The van der Waals surface area contributed by atoms with Crippen molar-refractivity contribution in [2.75, 3.05) is 11.9 Å². The number of aryl methyl sites for hydroxylation is 1. The van der Waals surface area contributed by atoms with E-state index in [-0.39, 0.29) is 29.9 Å². The number of hydrogen-bond acceptors (Lipinski definition) is 6. The Bertz CT molecular complexity index is 476. The Morgan fingerprint density at radius 3 is 2.89 bits per heavy atom. The van der Waals surface area contributed by atoms with Crippen LogP contribution in [-0.2, 0) is 9.53 Å². The molecule has 0 aliphatic carbocycles. The highest BCUT2D eigenvalue weighted by Gasteiger charge is 2.18. The van der Waals surface area contributed by atoms with Gasteiger partial charge in [0.1, 0.15) is 0 Å². The van der Waals surface area contributed by atoms with Crippen LogP contribution in [0.3, 0.4) is 0 Å². The van der Waals surface area contributed by atoms with Gasteiger partial charge < -0.3 is 10.1 Å². The van der Waals surface area contributed by atoms with Crippen LogP contribution >= 0.6 is 0 Å². The molecule has 1 heterocycles. The van der Waals surface area contributed by atoms with Gasteiger partial charge in [0.25, 0.3) is 0 Å². The zero-order valence-electron chi connectivity index (χ0n) is 11.2. The molecule has 19 heavy (non-hydrogen) atoms. The monoisotopic (exact) mass is 267 g/mol. The fourth-order valence-corrected chi connectivity index (χ4v) is 1.56. The van der Waals surface area contributed by atoms with E-state index in [1.54, 1.807) is 20.8 Å². The van der Waals surface area contributed by atoms with Gasteiger partial charge in [-0.05, 0) is 26.3 Å². The van der Waals surface area contributed by atoms with E-state index in [0.29, 0.717) is 12.2 Å². The van der Waals surface area contributed by atoms with E-state index in [2.05, 4.69) is 10.3 Å². The van der Waals surface area contributed by atoms with E-state index in [0.717, 1.165) is 0 Å². The first-order chi connectivity index (χ1) is 8.93. The van der Waals surface area contributed by atoms with Gasteiger partial charge in [-0.3, -0.25) is 14.9 Å². The molecule has 1 rings (SSSR count). The normalized spacial score (nSPS) is 11.7. The summed E-state index contributed by atoms with van der Waals surface area (Å²) >= 11 is 0. The highest BCUT2D eigenvalue weighted by molar-refractivity contribution is 5.71. The Hall–Kier alpha value is -2.18. The van der Waals surface area contributed by atoms with Gasteiger partial charge in [0, 0.05) is 18.3 Å². The Morgan fingerprint density at radius 1 is 1.63 bits per heavy atom. The molecule has 0 aliphatic rings. The fraction of sp³-hybridized carbons (Fsp3) is 0.500. The fourth-order valence-electron chi connectivity index (χ4n) is 1.56. The minimum Gasteiger partial charge on any atom is -0.466 e. The zero-order valence-corrected chi connectivity index (χ0v) is 11.2. The van der Waals surface area contributed by atoms with Gasteiger partial charge >= 0.3 is 11.7 Å². The lowest BCUT2D eigenvalue weighted by Crippen LogP contribution is -2.22. The SMILES string of the molecule is CCOC(=O)CC(C)Nc1ncc(C)cc1[N+](=O)[O-]. The van der Waals surface area contributed by atoms with Crippen molar-refractivity contribution in [3.63, 3.8) is 0 Å². The number of carbonyl (C=O) groups is 1. The quantitative estimate of drug-likeness (QED) is 0.481. The van der Waals surface area contributed by atoms with Crippen LogP contribution in [0.1, 0.15) is 25.8 Å². The molecule has 0 saturated carbocycles. The summed E-state index contributed by atoms with van der Waals surface area (Å²) in [6.07, 6.45) is 1.66. The molecule has 0 amide bonds. The van der Waals surface area contributed by atoms with Crippen LogP contribution in [0, 0.1) is 17.0 Å². The summed E-state index contributed by atoms with van der Waals surface area (Å²) in [7, 11) is 0. The number of pyridine rings is 1. The molecule has 104 valence electrons. The second-order valence-electron chi connectivity index (χ2n) is 4.19. The summed E-state index contributed by atoms with van der Waals surface area (Å²) in [6, 6.07) is 1.14. The molecular weight excluding hydrogens is 250 g/mol. The summed E-state index contributed by atoms with van der Waals surface area (Å²) < 4.78 is 4.81. The van der Waals surface area contributed by atoms with Crippen molar-refractivity contribution >= 4 is 17.5 Å². The average molecular weight is 267 g/mol. The summed E-state index contributed by atoms with van der Waals surface area (Å²) in [6.45, 7) is 5.50. The van der Waals surface area contributed by atoms with Crippen LogP contribution < -0.4 is 5.32 Å². The predicted molar refractivity (Wildman–Crippen MR) is 70.0 cm³/mol. The summed E-state index contributed by atoms with van der Waals surface area (Å²) in [5.41, 5.74) is 0.603. The van der Waals surface area contributed by atoms with Crippen molar-refractivity contribution in [3.05, 3.63) is 27.9 Å². The first kappa shape index (κ1) is 14.9. The predicted octanol–water partition coefficient (Wildman–Crippen LogP) is 2.05. The van der Waals surface area contributed by atoms with Crippen LogP contribution in [0.15, 0.2) is 12.3 Å². The minimum absolute atomic E-state index is 0.101. The van der Waals surface area contributed by atoms with Gasteiger partial charge in [0.15, 0.2) is 0 Å². The molecule has 0 spiro atoms. The van der Waals surface area contributed by atoms with Crippen molar-refractivity contribution in [3.8, 4) is 0 Å². The molecule has 1 aromatic rings. The van der Waals surface area contributed by atoms with Gasteiger partial charge in [-0.2, -0.15) is 0 Å². The third-order valence-corrected chi connectivity index (χ3v) is 2.36. The maximum absolute atomic E-state index is 11.3. The van der Waals surface area contributed by atoms with Crippen LogP contribution in [0.4, 0.5) is 11.5 Å². The molecule has 0 aliphatic heterocycles. The van der Waals surface area contributed by atoms with Gasteiger partial charge in [-0.1, -0.05) is 0 Å². The van der Waals surface area contributed by atoms with Crippen molar-refractivity contribution in [1.29, 1.82) is 0 Å². The molecule has 1 unspecified atom stereocenters. The first-order valence-electron chi connectivity index (χ1n) is 5.97. The van der Waals surface area contributed by atoms with Crippen molar-refractivity contribution in [2.45, 2.75) is 33.2 Å². The molecule has 0 saturated heterocycles. The van der Waals surface area contributed by atoms with Gasteiger partial charge in [0.05, 0.1) is 18.0 Å². The summed E-state index contributed by atoms with van der Waals surface area (Å²) in [5.74, 6) is -0.190. The standard InChI is InChI=1S/C12H17N3O4/c1-4-19-11(16)6-9(3)14-12-10(15(17)18)5-8(2)7-13-12/h5,7,9H,4,6H2,1-3H3,(H,13,14). The van der Waals surface area contributed by atoms with Crippen molar-refractivity contribution in [2.24, 2.45) is 0 Å². The number of nitro groups is 1. The molecule has 7 nitrogen and oxygen atoms in total. The van der Waals surface area contributed by atoms with E-state index in [1.165, 1.54) is 12.3 Å². The van der Waals surface area contributed by atoms with E-state index in [4.69, 9.17) is 4.74 Å². The molecule has 0 fully saturated rings. The third kappa shape index (κ3) is 4.53. The highest BCUT2D eigenvalue weighted by Crippen LogP contribution is 2.23. The van der Waals surface area contributed by atoms with Crippen molar-refractivity contribution in [1.82, 2.24) is 4.98 Å². The number of nitrogens with one attached hydrogen (secondary N) is 1. The van der Waals surface area contributed by atoms with Gasteiger partial charge in [-0.25, -0.2) is 4.98 Å². The molecule has 1 atom stereocenters. The third-order valence-electron chi connectivity index (χ3n) is 2.36. The van der Waals surface area contributed by atoms with Crippen LogP contribution in [0.25, 0.3) is 0 Å². The van der Waals surface area contributed by atoms with Gasteiger partial charge in [0.2, 0.25) is 5.82 Å². The van der Waals surface area contributed by atoms with Crippen LogP contribution in [-0.4, -0.2) is 28.5 Å².